The Hall–Kier alpha value is -1.28. The maximum atomic E-state index is 9.71. The zero-order valence-electron chi connectivity index (χ0n) is 8.28. The van der Waals surface area contributed by atoms with Gasteiger partial charge in [-0.15, -0.1) is 0 Å². The Morgan fingerprint density at radius 1 is 1.27 bits per heavy atom. The first-order valence-electron chi connectivity index (χ1n) is 4.71. The van der Waals surface area contributed by atoms with Crippen LogP contribution in [0.15, 0.2) is 36.4 Å². The summed E-state index contributed by atoms with van der Waals surface area (Å²) in [6, 6.07) is 7.72. The normalized spacial score (nSPS) is 10.5. The second-order valence-electron chi connectivity index (χ2n) is 3.02. The van der Waals surface area contributed by atoms with Crippen molar-refractivity contribution < 1.29 is 9.53 Å². The minimum absolute atomic E-state index is 0.390. The van der Waals surface area contributed by atoms with Crippen LogP contribution in [0, 0.1) is 0 Å². The van der Waals surface area contributed by atoms with E-state index in [1.54, 1.807) is 0 Å². The van der Waals surface area contributed by atoms with Crippen LogP contribution in [0.25, 0.3) is 0 Å². The predicted molar refractivity (Wildman–Crippen MR) is 60.6 cm³/mol. The lowest BCUT2D eigenvalue weighted by atomic mass is 10.1. The highest BCUT2D eigenvalue weighted by atomic mass is 35.5. The predicted octanol–water partition coefficient (Wildman–Crippen LogP) is 2.91. The molecular weight excluding hydrogens is 212 g/mol. The van der Waals surface area contributed by atoms with E-state index in [2.05, 4.69) is 4.74 Å². The molecule has 0 unspecified atom stereocenters. The van der Waals surface area contributed by atoms with Gasteiger partial charge in [0.05, 0.1) is 6.61 Å². The summed E-state index contributed by atoms with van der Waals surface area (Å²) in [5.74, 6) is 0. The molecule has 0 spiro atoms. The average Bonchev–Trinajstić information content (AvgIpc) is 2.26. The lowest BCUT2D eigenvalue weighted by molar-refractivity contribution is 0.284. The summed E-state index contributed by atoms with van der Waals surface area (Å²) < 4.78 is 4.43. The van der Waals surface area contributed by atoms with Gasteiger partial charge in [-0.25, -0.2) is 4.79 Å². The summed E-state index contributed by atoms with van der Waals surface area (Å²) in [5, 5.41) is 0.748. The highest BCUT2D eigenvalue weighted by molar-refractivity contribution is 6.30. The second kappa shape index (κ2) is 7.07. The third-order valence-corrected chi connectivity index (χ3v) is 2.13. The van der Waals surface area contributed by atoms with E-state index in [1.807, 2.05) is 36.4 Å². The van der Waals surface area contributed by atoms with Crippen molar-refractivity contribution in [2.24, 2.45) is 0 Å². The van der Waals surface area contributed by atoms with E-state index in [1.165, 1.54) is 12.0 Å². The van der Waals surface area contributed by atoms with Crippen molar-refractivity contribution in [3.63, 3.8) is 0 Å². The van der Waals surface area contributed by atoms with Gasteiger partial charge in [-0.1, -0.05) is 35.9 Å². The fourth-order valence-corrected chi connectivity index (χ4v) is 1.25. The van der Waals surface area contributed by atoms with Crippen LogP contribution in [0.2, 0.25) is 5.02 Å². The van der Waals surface area contributed by atoms with Crippen molar-refractivity contribution in [2.45, 2.75) is 12.8 Å². The third kappa shape index (κ3) is 5.23. The molecule has 0 atom stereocenters. The number of rotatable bonds is 6. The van der Waals surface area contributed by atoms with Crippen molar-refractivity contribution >= 4 is 18.1 Å². The first-order chi connectivity index (χ1) is 7.33. The van der Waals surface area contributed by atoms with E-state index in [9.17, 15) is 4.79 Å². The van der Waals surface area contributed by atoms with E-state index in [0.717, 1.165) is 17.9 Å². The Balaban J connectivity index is 2.24. The molecule has 0 heterocycles. The molecule has 0 saturated carbocycles. The molecule has 1 rings (SSSR count). The summed E-state index contributed by atoms with van der Waals surface area (Å²) in [5.41, 5.74) is 1.21. The number of hydrogen-bond acceptors (Lipinski definition) is 2. The minimum Gasteiger partial charge on any atom is -0.457 e. The molecule has 79 valence electrons. The molecule has 3 heteroatoms. The van der Waals surface area contributed by atoms with Crippen LogP contribution in [0.5, 0.6) is 0 Å². The van der Waals surface area contributed by atoms with Crippen LogP contribution in [-0.2, 0) is 16.0 Å². The smallest absolute Gasteiger partial charge is 0.417 e. The van der Waals surface area contributed by atoms with E-state index in [0.29, 0.717) is 6.61 Å². The van der Waals surface area contributed by atoms with Crippen molar-refractivity contribution in [2.75, 3.05) is 6.61 Å². The molecule has 1 aromatic carbocycles. The van der Waals surface area contributed by atoms with Gasteiger partial charge in [0.2, 0.25) is 0 Å². The van der Waals surface area contributed by atoms with Gasteiger partial charge in [0, 0.05) is 5.02 Å². The largest absolute Gasteiger partial charge is 0.457 e. The number of halogens is 1. The second-order valence-corrected chi connectivity index (χ2v) is 3.46. The first-order valence-corrected chi connectivity index (χ1v) is 5.09. The topological polar surface area (TPSA) is 26.3 Å². The van der Waals surface area contributed by atoms with Gasteiger partial charge in [-0.2, -0.15) is 0 Å². The van der Waals surface area contributed by atoms with Crippen LogP contribution in [0.3, 0.4) is 0 Å². The summed E-state index contributed by atoms with van der Waals surface area (Å²) in [4.78, 5) is 9.71. The summed E-state index contributed by atoms with van der Waals surface area (Å²) in [6.07, 6.45) is 5.61. The van der Waals surface area contributed by atoms with Crippen LogP contribution in [0.4, 0.5) is 0 Å². The standard InChI is InChI=1S/C12H12ClO2/c13-12-7-5-11(6-8-12)4-2-1-3-9-15-10-14/h1-2,5-8H,3-4,9H2/b2-1+. The Labute approximate surface area is 94.5 Å². The van der Waals surface area contributed by atoms with Crippen molar-refractivity contribution in [3.8, 4) is 0 Å². The number of allylic oxidation sites excluding steroid dienone is 1. The zero-order chi connectivity index (χ0) is 10.9. The van der Waals surface area contributed by atoms with E-state index in [-0.39, 0.29) is 0 Å². The molecule has 15 heavy (non-hydrogen) atoms. The number of benzene rings is 1. The Morgan fingerprint density at radius 3 is 2.67 bits per heavy atom. The molecule has 0 amide bonds. The highest BCUT2D eigenvalue weighted by Crippen LogP contribution is 2.10. The fraction of sp³-hybridized carbons (Fsp3) is 0.250. The average molecular weight is 224 g/mol. The van der Waals surface area contributed by atoms with Gasteiger partial charge in [0.1, 0.15) is 0 Å². The van der Waals surface area contributed by atoms with Crippen molar-refractivity contribution in [3.05, 3.63) is 47.0 Å². The molecule has 0 N–H and O–H groups in total. The van der Waals surface area contributed by atoms with Crippen LogP contribution in [-0.4, -0.2) is 13.1 Å². The Kier molecular flexibility index (Phi) is 5.56. The number of hydrogen-bond donors (Lipinski definition) is 0. The monoisotopic (exact) mass is 223 g/mol. The van der Waals surface area contributed by atoms with Crippen LogP contribution >= 0.6 is 11.6 Å². The quantitative estimate of drug-likeness (QED) is 0.548. The summed E-state index contributed by atoms with van der Waals surface area (Å²) in [6.45, 7) is 1.77. The van der Waals surface area contributed by atoms with Gasteiger partial charge in [-0.05, 0) is 30.5 Å². The van der Waals surface area contributed by atoms with Crippen molar-refractivity contribution in [1.29, 1.82) is 0 Å². The molecule has 0 aromatic heterocycles. The Bertz CT molecular complexity index is 317. The summed E-state index contributed by atoms with van der Waals surface area (Å²) >= 11 is 5.76. The van der Waals surface area contributed by atoms with Gasteiger partial charge in [0.15, 0.2) is 0 Å². The SMILES string of the molecule is O=[C]OCC/C=C/Cc1ccc(Cl)cc1. The highest BCUT2D eigenvalue weighted by Gasteiger charge is 1.89. The van der Waals surface area contributed by atoms with E-state index in [4.69, 9.17) is 11.6 Å². The molecule has 1 radical (unpaired) electrons. The molecular formula is C12H12ClO2. The summed E-state index contributed by atoms with van der Waals surface area (Å²) in [7, 11) is 0. The third-order valence-electron chi connectivity index (χ3n) is 1.88. The maximum absolute atomic E-state index is 9.71. The number of ether oxygens (including phenoxy) is 1. The van der Waals surface area contributed by atoms with Gasteiger partial charge < -0.3 is 4.74 Å². The molecule has 0 saturated heterocycles. The van der Waals surface area contributed by atoms with Crippen LogP contribution in [0.1, 0.15) is 12.0 Å². The van der Waals surface area contributed by atoms with Gasteiger partial charge in [-0.3, -0.25) is 0 Å². The molecule has 0 aliphatic rings. The minimum atomic E-state index is 0.390. The first kappa shape index (κ1) is 11.8. The molecule has 0 fully saturated rings. The lowest BCUT2D eigenvalue weighted by Gasteiger charge is -1.96. The van der Waals surface area contributed by atoms with E-state index >= 15 is 0 Å². The molecule has 0 aliphatic carbocycles. The maximum Gasteiger partial charge on any atom is 0.417 e. The Morgan fingerprint density at radius 2 is 2.00 bits per heavy atom. The van der Waals surface area contributed by atoms with Crippen molar-refractivity contribution in [1.82, 2.24) is 0 Å². The van der Waals surface area contributed by atoms with E-state index < -0.39 is 0 Å². The molecule has 0 bridgehead atoms. The molecule has 2 nitrogen and oxygen atoms in total. The number of carbonyl (C=O) groups excluding carboxylic acids is 1. The van der Waals surface area contributed by atoms with Gasteiger partial charge >= 0.3 is 6.47 Å². The fourth-order valence-electron chi connectivity index (χ4n) is 1.13. The molecule has 0 aliphatic heterocycles. The lowest BCUT2D eigenvalue weighted by Crippen LogP contribution is -1.88. The van der Waals surface area contributed by atoms with Gasteiger partial charge in [0.25, 0.3) is 0 Å². The van der Waals surface area contributed by atoms with Crippen LogP contribution < -0.4 is 0 Å². The zero-order valence-corrected chi connectivity index (χ0v) is 9.04. The molecule has 1 aromatic rings.